The van der Waals surface area contributed by atoms with Crippen LogP contribution in [0.2, 0.25) is 0 Å². The fourth-order valence-corrected chi connectivity index (χ4v) is 5.00. The van der Waals surface area contributed by atoms with Crippen LogP contribution in [0, 0.1) is 5.92 Å². The molecule has 3 aliphatic heterocycles. The van der Waals surface area contributed by atoms with E-state index in [1.165, 1.54) is 13.8 Å². The average Bonchev–Trinajstić information content (AvgIpc) is 2.90. The van der Waals surface area contributed by atoms with Gasteiger partial charge in [0.2, 0.25) is 5.79 Å². The standard InChI is InChI=1S/C22H38O17/c1-7-9(26)3-21(20(32)33,39-22(7,34)12(27)6-25)38-18-14(29)10(4-23)36-19(16(18)31)37-17-11(5-24)35-8(2)13(28)15(17)30/h7-19,23-31,34H,3-6H2,1-2H3,(H,32,33)/t7-,8?,9-,10?,11?,12?,13-,14+,15-,16+,17-,18+,19?,21-,22?/m1/s1. The molecule has 17 heteroatoms. The molecular weight excluding hydrogens is 536 g/mol. The minimum absolute atomic E-state index is 0.689. The Kier molecular flexibility index (Phi) is 10.3. The number of carbonyl (C=O) groups is 1. The molecular formula is C22H38O17. The van der Waals surface area contributed by atoms with E-state index in [2.05, 4.69) is 0 Å². The van der Waals surface area contributed by atoms with Gasteiger partial charge in [-0.15, -0.1) is 0 Å². The Morgan fingerprint density at radius 1 is 0.923 bits per heavy atom. The molecule has 3 aliphatic rings. The summed E-state index contributed by atoms with van der Waals surface area (Å²) in [4.78, 5) is 12.4. The molecule has 0 aromatic rings. The third-order valence-corrected chi connectivity index (χ3v) is 7.55. The van der Waals surface area contributed by atoms with Crippen molar-refractivity contribution in [2.24, 2.45) is 5.92 Å². The molecule has 0 saturated carbocycles. The molecule has 0 aliphatic carbocycles. The molecule has 17 nitrogen and oxygen atoms in total. The van der Waals surface area contributed by atoms with Gasteiger partial charge in [0.05, 0.1) is 32.0 Å². The summed E-state index contributed by atoms with van der Waals surface area (Å²) in [7, 11) is 0. The van der Waals surface area contributed by atoms with Crippen molar-refractivity contribution in [1.29, 1.82) is 0 Å². The monoisotopic (exact) mass is 574 g/mol. The summed E-state index contributed by atoms with van der Waals surface area (Å²) < 4.78 is 27.1. The fourth-order valence-electron chi connectivity index (χ4n) is 5.00. The molecule has 15 atom stereocenters. The third-order valence-electron chi connectivity index (χ3n) is 7.55. The molecule has 39 heavy (non-hydrogen) atoms. The highest BCUT2D eigenvalue weighted by Gasteiger charge is 2.63. The van der Waals surface area contributed by atoms with Gasteiger partial charge < -0.3 is 79.9 Å². The van der Waals surface area contributed by atoms with Crippen LogP contribution in [0.4, 0.5) is 0 Å². The van der Waals surface area contributed by atoms with Crippen molar-refractivity contribution in [1.82, 2.24) is 0 Å². The number of rotatable bonds is 9. The Morgan fingerprint density at radius 3 is 2.08 bits per heavy atom. The molecule has 3 heterocycles. The van der Waals surface area contributed by atoms with Crippen LogP contribution in [-0.4, -0.2) is 167 Å². The number of ether oxygens (including phenoxy) is 5. The molecule has 6 unspecified atom stereocenters. The number of aliphatic carboxylic acids is 1. The lowest BCUT2D eigenvalue weighted by molar-refractivity contribution is -0.433. The van der Waals surface area contributed by atoms with Crippen LogP contribution in [0.3, 0.4) is 0 Å². The van der Waals surface area contributed by atoms with E-state index in [0.29, 0.717) is 0 Å². The molecule has 3 fully saturated rings. The maximum Gasteiger partial charge on any atom is 0.364 e. The van der Waals surface area contributed by atoms with Crippen LogP contribution in [0.1, 0.15) is 20.3 Å². The summed E-state index contributed by atoms with van der Waals surface area (Å²) in [5.74, 6) is -9.16. The van der Waals surface area contributed by atoms with Crippen molar-refractivity contribution in [2.45, 2.75) is 105 Å². The summed E-state index contributed by atoms with van der Waals surface area (Å²) in [5, 5.41) is 113. The first-order valence-corrected chi connectivity index (χ1v) is 12.4. The first kappa shape index (κ1) is 32.4. The Bertz CT molecular complexity index is 830. The maximum atomic E-state index is 12.4. The van der Waals surface area contributed by atoms with E-state index in [9.17, 15) is 61.0 Å². The smallest absolute Gasteiger partial charge is 0.364 e. The zero-order chi connectivity index (χ0) is 29.4. The predicted molar refractivity (Wildman–Crippen MR) is 120 cm³/mol. The van der Waals surface area contributed by atoms with E-state index < -0.39 is 123 Å². The van der Waals surface area contributed by atoms with Crippen molar-refractivity contribution in [2.75, 3.05) is 19.8 Å². The molecule has 0 spiro atoms. The predicted octanol–water partition coefficient (Wildman–Crippen LogP) is -6.06. The highest BCUT2D eigenvalue weighted by atomic mass is 16.8. The topological polar surface area (TPSA) is 286 Å². The lowest BCUT2D eigenvalue weighted by Gasteiger charge is -2.52. The zero-order valence-corrected chi connectivity index (χ0v) is 21.2. The molecule has 3 saturated heterocycles. The SMILES string of the molecule is CC1OC(CO)[C@@H](OC2OC(CO)[C@H](O)[C@H](O[C@]3(C(=O)O)C[C@@H](O)[C@@H](C)C(O)(C(O)CO)O3)[C@@H]2O)[C@H](O)[C@@H]1O. The largest absolute Gasteiger partial charge is 0.477 e. The van der Waals surface area contributed by atoms with Crippen LogP contribution in [0.15, 0.2) is 0 Å². The molecule has 0 aromatic heterocycles. The summed E-state index contributed by atoms with van der Waals surface area (Å²) >= 11 is 0. The van der Waals surface area contributed by atoms with Gasteiger partial charge >= 0.3 is 5.97 Å². The number of carboxylic acids is 1. The fraction of sp³-hybridized carbons (Fsp3) is 0.955. The van der Waals surface area contributed by atoms with Crippen LogP contribution in [-0.2, 0) is 28.5 Å². The van der Waals surface area contributed by atoms with Gasteiger partial charge in [-0.1, -0.05) is 6.92 Å². The van der Waals surface area contributed by atoms with E-state index in [0.717, 1.165) is 0 Å². The lowest BCUT2D eigenvalue weighted by Crippen LogP contribution is -2.70. The van der Waals surface area contributed by atoms with Crippen molar-refractivity contribution < 1.29 is 84.7 Å². The van der Waals surface area contributed by atoms with Gasteiger partial charge in [0.25, 0.3) is 5.79 Å². The minimum Gasteiger partial charge on any atom is -0.477 e. The molecule has 11 N–H and O–H groups in total. The number of hydrogen-bond donors (Lipinski definition) is 11. The summed E-state index contributed by atoms with van der Waals surface area (Å²) in [6.07, 6.45) is -21.0. The molecule has 0 radical (unpaired) electrons. The van der Waals surface area contributed by atoms with E-state index in [1.807, 2.05) is 0 Å². The van der Waals surface area contributed by atoms with Gasteiger partial charge in [-0.25, -0.2) is 4.79 Å². The van der Waals surface area contributed by atoms with Crippen molar-refractivity contribution in [3.8, 4) is 0 Å². The highest BCUT2D eigenvalue weighted by Crippen LogP contribution is 2.43. The molecule has 228 valence electrons. The number of aliphatic hydroxyl groups is 10. The number of aliphatic hydroxyl groups excluding tert-OH is 9. The van der Waals surface area contributed by atoms with Gasteiger partial charge in [0, 0.05) is 12.3 Å². The van der Waals surface area contributed by atoms with E-state index in [4.69, 9.17) is 23.7 Å². The first-order chi connectivity index (χ1) is 18.2. The number of hydrogen-bond acceptors (Lipinski definition) is 16. The van der Waals surface area contributed by atoms with Gasteiger partial charge in [-0.3, -0.25) is 0 Å². The average molecular weight is 575 g/mol. The van der Waals surface area contributed by atoms with E-state index in [1.54, 1.807) is 0 Å². The third kappa shape index (κ3) is 5.94. The second kappa shape index (κ2) is 12.4. The van der Waals surface area contributed by atoms with E-state index >= 15 is 0 Å². The minimum atomic E-state index is -3.02. The summed E-state index contributed by atoms with van der Waals surface area (Å²) in [6, 6.07) is 0. The van der Waals surface area contributed by atoms with Gasteiger partial charge in [0.1, 0.15) is 54.9 Å². The van der Waals surface area contributed by atoms with Crippen LogP contribution >= 0.6 is 0 Å². The first-order valence-electron chi connectivity index (χ1n) is 12.4. The second-order valence-corrected chi connectivity index (χ2v) is 10.1. The molecule has 3 rings (SSSR count). The maximum absolute atomic E-state index is 12.4. The van der Waals surface area contributed by atoms with Gasteiger partial charge in [0.15, 0.2) is 6.29 Å². The Hall–Kier alpha value is -1.13. The van der Waals surface area contributed by atoms with E-state index in [-0.39, 0.29) is 0 Å². The molecule has 0 amide bonds. The highest BCUT2D eigenvalue weighted by molar-refractivity contribution is 5.76. The quantitative estimate of drug-likeness (QED) is 0.122. The normalized spacial score (nSPS) is 49.9. The molecule has 0 aromatic carbocycles. The van der Waals surface area contributed by atoms with Gasteiger partial charge in [-0.2, -0.15) is 0 Å². The van der Waals surface area contributed by atoms with Crippen LogP contribution in [0.5, 0.6) is 0 Å². The van der Waals surface area contributed by atoms with Crippen molar-refractivity contribution >= 4 is 5.97 Å². The van der Waals surface area contributed by atoms with Crippen molar-refractivity contribution in [3.05, 3.63) is 0 Å². The summed E-state index contributed by atoms with van der Waals surface area (Å²) in [5.41, 5.74) is 0. The van der Waals surface area contributed by atoms with Crippen LogP contribution in [0.25, 0.3) is 0 Å². The van der Waals surface area contributed by atoms with Crippen molar-refractivity contribution in [3.63, 3.8) is 0 Å². The Morgan fingerprint density at radius 2 is 1.54 bits per heavy atom. The number of carboxylic acid groups (broad SMARTS) is 1. The van der Waals surface area contributed by atoms with Gasteiger partial charge in [-0.05, 0) is 6.92 Å². The Labute approximate surface area is 222 Å². The summed E-state index contributed by atoms with van der Waals surface area (Å²) in [6.45, 7) is -0.0555. The lowest BCUT2D eigenvalue weighted by atomic mass is 9.83. The Balaban J connectivity index is 1.93. The zero-order valence-electron chi connectivity index (χ0n) is 21.2. The molecule has 0 bridgehead atoms. The second-order valence-electron chi connectivity index (χ2n) is 10.1. The van der Waals surface area contributed by atoms with Crippen LogP contribution < -0.4 is 0 Å².